The van der Waals surface area contributed by atoms with E-state index in [9.17, 15) is 14.4 Å². The van der Waals surface area contributed by atoms with Crippen LogP contribution in [0.3, 0.4) is 0 Å². The number of ether oxygens (including phenoxy) is 1. The molecule has 2 rings (SSSR count). The average Bonchev–Trinajstić information content (AvgIpc) is 3.37. The number of anilines is 1. The van der Waals surface area contributed by atoms with E-state index in [1.54, 1.807) is 19.1 Å². The largest absolute Gasteiger partial charge is 0.463 e. The smallest absolute Gasteiger partial charge is 0.330 e. The van der Waals surface area contributed by atoms with Gasteiger partial charge in [0.15, 0.2) is 0 Å². The molecule has 2 N–H and O–H groups in total. The molecule has 2 amide bonds. The van der Waals surface area contributed by atoms with Crippen LogP contribution in [0, 0.1) is 5.92 Å². The average molecular weight is 351 g/mol. The topological polar surface area (TPSA) is 84.5 Å². The summed E-state index contributed by atoms with van der Waals surface area (Å²) in [5.41, 5.74) is 0.604. The van der Waals surface area contributed by atoms with Crippen LogP contribution < -0.4 is 10.6 Å². The zero-order chi connectivity index (χ0) is 17.5. The van der Waals surface area contributed by atoms with Gasteiger partial charge in [-0.15, -0.1) is 0 Å². The highest BCUT2D eigenvalue weighted by atomic mass is 35.5. The molecule has 0 aliphatic heterocycles. The molecule has 24 heavy (non-hydrogen) atoms. The Labute approximate surface area is 145 Å². The minimum absolute atomic E-state index is 0.229. The van der Waals surface area contributed by atoms with E-state index in [0.717, 1.165) is 25.0 Å². The summed E-state index contributed by atoms with van der Waals surface area (Å²) in [6, 6.07) is 4.61. The highest BCUT2D eigenvalue weighted by Crippen LogP contribution is 2.28. The van der Waals surface area contributed by atoms with Crippen LogP contribution in [0.2, 0.25) is 5.02 Å². The van der Waals surface area contributed by atoms with Gasteiger partial charge in [-0.1, -0.05) is 11.6 Å². The summed E-state index contributed by atoms with van der Waals surface area (Å²) in [7, 11) is 0. The predicted molar refractivity (Wildman–Crippen MR) is 90.9 cm³/mol. The molecule has 1 aromatic rings. The number of hydrogen-bond acceptors (Lipinski definition) is 4. The molecule has 6 nitrogen and oxygen atoms in total. The van der Waals surface area contributed by atoms with Crippen molar-refractivity contribution in [1.82, 2.24) is 5.32 Å². The van der Waals surface area contributed by atoms with Crippen molar-refractivity contribution < 1.29 is 19.1 Å². The second kappa shape index (κ2) is 8.49. The van der Waals surface area contributed by atoms with Gasteiger partial charge in [-0.25, -0.2) is 4.79 Å². The van der Waals surface area contributed by atoms with Crippen LogP contribution in [-0.2, 0) is 14.3 Å². The van der Waals surface area contributed by atoms with Crippen molar-refractivity contribution in [3.63, 3.8) is 0 Å². The van der Waals surface area contributed by atoms with Gasteiger partial charge in [-0.05, 0) is 43.9 Å². The lowest BCUT2D eigenvalue weighted by atomic mass is 10.1. The van der Waals surface area contributed by atoms with Crippen molar-refractivity contribution >= 4 is 35.1 Å². The van der Waals surface area contributed by atoms with E-state index in [1.165, 1.54) is 6.07 Å². The van der Waals surface area contributed by atoms with Crippen molar-refractivity contribution in [2.75, 3.05) is 18.5 Å². The molecule has 0 unspecified atom stereocenters. The van der Waals surface area contributed by atoms with Gasteiger partial charge >= 0.3 is 5.97 Å². The van der Waals surface area contributed by atoms with Gasteiger partial charge < -0.3 is 15.4 Å². The number of amides is 2. The molecule has 1 aliphatic rings. The normalized spacial score (nSPS) is 13.6. The third-order valence-electron chi connectivity index (χ3n) is 3.39. The predicted octanol–water partition coefficient (Wildman–Crippen LogP) is 2.54. The van der Waals surface area contributed by atoms with Gasteiger partial charge in [-0.3, -0.25) is 9.59 Å². The summed E-state index contributed by atoms with van der Waals surface area (Å²) in [5, 5.41) is 5.79. The van der Waals surface area contributed by atoms with Crippen LogP contribution in [0.15, 0.2) is 30.4 Å². The Kier molecular flexibility index (Phi) is 6.37. The van der Waals surface area contributed by atoms with Crippen molar-refractivity contribution in [2.45, 2.75) is 19.8 Å². The van der Waals surface area contributed by atoms with Crippen molar-refractivity contribution in [3.8, 4) is 0 Å². The van der Waals surface area contributed by atoms with Crippen LogP contribution in [-0.4, -0.2) is 30.9 Å². The number of hydrogen-bond donors (Lipinski definition) is 2. The molecular weight excluding hydrogens is 332 g/mol. The lowest BCUT2D eigenvalue weighted by molar-refractivity contribution is -0.137. The Balaban J connectivity index is 2.04. The number of carbonyl (C=O) groups excluding carboxylic acids is 3. The molecule has 1 fully saturated rings. The molecule has 128 valence electrons. The number of esters is 1. The lowest BCUT2D eigenvalue weighted by Gasteiger charge is -2.11. The van der Waals surface area contributed by atoms with E-state index in [2.05, 4.69) is 10.6 Å². The number of benzene rings is 1. The molecule has 0 spiro atoms. The van der Waals surface area contributed by atoms with Crippen LogP contribution in [0.25, 0.3) is 0 Å². The molecule has 1 aliphatic carbocycles. The molecule has 0 atom stereocenters. The van der Waals surface area contributed by atoms with Crippen LogP contribution in [0.5, 0.6) is 0 Å². The molecule has 1 aromatic carbocycles. The van der Waals surface area contributed by atoms with Crippen LogP contribution in [0.4, 0.5) is 5.69 Å². The molecule has 0 heterocycles. The zero-order valence-corrected chi connectivity index (χ0v) is 14.1. The van der Waals surface area contributed by atoms with E-state index in [0.29, 0.717) is 23.2 Å². The second-order valence-electron chi connectivity index (χ2n) is 5.42. The zero-order valence-electron chi connectivity index (χ0n) is 13.3. The number of rotatable bonds is 7. The van der Waals surface area contributed by atoms with Crippen LogP contribution >= 0.6 is 11.6 Å². The summed E-state index contributed by atoms with van der Waals surface area (Å²) in [4.78, 5) is 35.4. The van der Waals surface area contributed by atoms with Gasteiger partial charge in [0.2, 0.25) is 5.91 Å². The first-order chi connectivity index (χ1) is 11.5. The summed E-state index contributed by atoms with van der Waals surface area (Å²) >= 11 is 5.94. The minimum Gasteiger partial charge on any atom is -0.463 e. The Hall–Kier alpha value is -2.34. The molecule has 0 aromatic heterocycles. The third kappa shape index (κ3) is 5.70. The molecule has 7 heteroatoms. The SMILES string of the molecule is CCOC(=O)/C=C/C(=O)Nc1ccc(Cl)cc1C(=O)NCC1CC1. The number of halogens is 1. The summed E-state index contributed by atoms with van der Waals surface area (Å²) in [6.45, 7) is 2.51. The monoisotopic (exact) mass is 350 g/mol. The lowest BCUT2D eigenvalue weighted by Crippen LogP contribution is -2.27. The van der Waals surface area contributed by atoms with E-state index in [1.807, 2.05) is 0 Å². The first-order valence-corrected chi connectivity index (χ1v) is 8.11. The van der Waals surface area contributed by atoms with E-state index >= 15 is 0 Å². The van der Waals surface area contributed by atoms with Gasteiger partial charge in [0.25, 0.3) is 5.91 Å². The standard InChI is InChI=1S/C17H19ClN2O4/c1-2-24-16(22)8-7-15(21)20-14-6-5-12(18)9-13(14)17(23)19-10-11-3-4-11/h5-9,11H,2-4,10H2,1H3,(H,19,23)(H,20,21)/b8-7+. The van der Waals surface area contributed by atoms with E-state index < -0.39 is 11.9 Å². The van der Waals surface area contributed by atoms with Crippen molar-refractivity contribution in [1.29, 1.82) is 0 Å². The van der Waals surface area contributed by atoms with Crippen molar-refractivity contribution in [3.05, 3.63) is 40.9 Å². The molecule has 1 saturated carbocycles. The first kappa shape index (κ1) is 18.0. The maximum absolute atomic E-state index is 12.3. The van der Waals surface area contributed by atoms with Gasteiger partial charge in [0.1, 0.15) is 0 Å². The van der Waals surface area contributed by atoms with Gasteiger partial charge in [-0.2, -0.15) is 0 Å². The van der Waals surface area contributed by atoms with E-state index in [-0.39, 0.29) is 18.1 Å². The molecule has 0 radical (unpaired) electrons. The highest BCUT2D eigenvalue weighted by molar-refractivity contribution is 6.31. The number of carbonyl (C=O) groups is 3. The van der Waals surface area contributed by atoms with Gasteiger partial charge in [0, 0.05) is 23.7 Å². The minimum atomic E-state index is -0.605. The third-order valence-corrected chi connectivity index (χ3v) is 3.62. The Morgan fingerprint density at radius 3 is 2.71 bits per heavy atom. The second-order valence-corrected chi connectivity index (χ2v) is 5.85. The molecular formula is C17H19ClN2O4. The fourth-order valence-corrected chi connectivity index (χ4v) is 2.15. The fraction of sp³-hybridized carbons (Fsp3) is 0.353. The molecule has 0 bridgehead atoms. The maximum atomic E-state index is 12.3. The van der Waals surface area contributed by atoms with Crippen LogP contribution in [0.1, 0.15) is 30.1 Å². The summed E-state index contributed by atoms with van der Waals surface area (Å²) in [6.07, 6.45) is 4.33. The molecule has 0 saturated heterocycles. The fourth-order valence-electron chi connectivity index (χ4n) is 1.98. The van der Waals surface area contributed by atoms with Gasteiger partial charge in [0.05, 0.1) is 17.9 Å². The Morgan fingerprint density at radius 1 is 1.29 bits per heavy atom. The first-order valence-electron chi connectivity index (χ1n) is 7.73. The summed E-state index contributed by atoms with van der Waals surface area (Å²) < 4.78 is 4.69. The highest BCUT2D eigenvalue weighted by Gasteiger charge is 2.22. The number of nitrogens with one attached hydrogen (secondary N) is 2. The van der Waals surface area contributed by atoms with E-state index in [4.69, 9.17) is 16.3 Å². The van der Waals surface area contributed by atoms with Crippen molar-refractivity contribution in [2.24, 2.45) is 5.92 Å². The Morgan fingerprint density at radius 2 is 2.04 bits per heavy atom. The quantitative estimate of drug-likeness (QED) is 0.584. The summed E-state index contributed by atoms with van der Waals surface area (Å²) in [5.74, 6) is -0.902. The Bertz CT molecular complexity index is 669. The maximum Gasteiger partial charge on any atom is 0.330 e.